The lowest BCUT2D eigenvalue weighted by Crippen LogP contribution is -2.20. The summed E-state index contributed by atoms with van der Waals surface area (Å²) in [4.78, 5) is 28.2. The highest BCUT2D eigenvalue weighted by atomic mass is 16.2. The molecule has 0 saturated carbocycles. The monoisotopic (exact) mass is 323 g/mol. The summed E-state index contributed by atoms with van der Waals surface area (Å²) in [5.74, 6) is 1.09. The van der Waals surface area contributed by atoms with Gasteiger partial charge >= 0.3 is 0 Å². The number of amides is 1. The Hall–Kier alpha value is -3.22. The van der Waals surface area contributed by atoms with E-state index < -0.39 is 0 Å². The first-order valence-corrected chi connectivity index (χ1v) is 7.43. The summed E-state index contributed by atoms with van der Waals surface area (Å²) in [7, 11) is 1.61. The summed E-state index contributed by atoms with van der Waals surface area (Å²) in [6.07, 6.45) is 1.51. The van der Waals surface area contributed by atoms with Crippen LogP contribution in [0.3, 0.4) is 0 Å². The third kappa shape index (κ3) is 2.96. The van der Waals surface area contributed by atoms with E-state index in [1.54, 1.807) is 17.8 Å². The molecule has 0 aliphatic rings. The summed E-state index contributed by atoms with van der Waals surface area (Å²) >= 11 is 0. The maximum absolute atomic E-state index is 12.5. The number of benzene rings is 1. The molecule has 7 nitrogen and oxygen atoms in total. The number of aryl methyl sites for hydroxylation is 3. The second kappa shape index (κ2) is 6.11. The third-order valence-corrected chi connectivity index (χ3v) is 3.60. The Labute approximate surface area is 138 Å². The quantitative estimate of drug-likeness (QED) is 0.797. The van der Waals surface area contributed by atoms with E-state index in [2.05, 4.69) is 15.4 Å². The van der Waals surface area contributed by atoms with Crippen LogP contribution in [0.2, 0.25) is 0 Å². The number of carbonyl (C=O) groups is 1. The molecular formula is C17H17N5O2. The zero-order chi connectivity index (χ0) is 17.3. The van der Waals surface area contributed by atoms with Crippen LogP contribution >= 0.6 is 0 Å². The topological polar surface area (TPSA) is 81.8 Å². The number of hydrogen-bond donors (Lipinski definition) is 1. The smallest absolute Gasteiger partial charge is 0.257 e. The highest BCUT2D eigenvalue weighted by molar-refractivity contribution is 6.05. The zero-order valence-electron chi connectivity index (χ0n) is 13.6. The second-order valence-corrected chi connectivity index (χ2v) is 5.46. The molecule has 0 spiro atoms. The molecule has 1 aromatic carbocycles. The predicted octanol–water partition coefficient (Wildman–Crippen LogP) is 1.84. The van der Waals surface area contributed by atoms with Crippen molar-refractivity contribution in [2.45, 2.75) is 13.8 Å². The number of nitrogens with zero attached hydrogens (tertiary/aromatic N) is 4. The molecule has 122 valence electrons. The number of para-hydroxylation sites is 2. The molecule has 24 heavy (non-hydrogen) atoms. The van der Waals surface area contributed by atoms with E-state index in [0.29, 0.717) is 17.1 Å². The van der Waals surface area contributed by atoms with Crippen LogP contribution in [0.5, 0.6) is 0 Å². The number of carbonyl (C=O) groups excluding carboxylic acids is 1. The zero-order valence-corrected chi connectivity index (χ0v) is 13.6. The average molecular weight is 323 g/mol. The van der Waals surface area contributed by atoms with E-state index in [9.17, 15) is 9.59 Å². The Morgan fingerprint density at radius 1 is 1.12 bits per heavy atom. The van der Waals surface area contributed by atoms with Crippen molar-refractivity contribution in [1.29, 1.82) is 0 Å². The van der Waals surface area contributed by atoms with Crippen molar-refractivity contribution >= 4 is 11.6 Å². The van der Waals surface area contributed by atoms with Gasteiger partial charge in [0.2, 0.25) is 5.56 Å². The van der Waals surface area contributed by atoms with Gasteiger partial charge in [-0.1, -0.05) is 12.1 Å². The van der Waals surface area contributed by atoms with Crippen LogP contribution in [0.4, 0.5) is 5.69 Å². The lowest BCUT2D eigenvalue weighted by atomic mass is 10.2. The first-order valence-electron chi connectivity index (χ1n) is 7.43. The van der Waals surface area contributed by atoms with Crippen LogP contribution in [0.1, 0.15) is 22.0 Å². The molecule has 0 bridgehead atoms. The summed E-state index contributed by atoms with van der Waals surface area (Å²) in [5.41, 5.74) is 1.58. The molecule has 7 heteroatoms. The van der Waals surface area contributed by atoms with Crippen LogP contribution < -0.4 is 10.9 Å². The molecule has 1 amide bonds. The van der Waals surface area contributed by atoms with Gasteiger partial charge < -0.3 is 9.88 Å². The first kappa shape index (κ1) is 15.7. The molecule has 2 aromatic heterocycles. The van der Waals surface area contributed by atoms with Gasteiger partial charge in [0, 0.05) is 19.3 Å². The molecule has 2 heterocycles. The van der Waals surface area contributed by atoms with Crippen molar-refractivity contribution in [3.05, 3.63) is 70.2 Å². The van der Waals surface area contributed by atoms with Crippen LogP contribution in [0, 0.1) is 13.8 Å². The van der Waals surface area contributed by atoms with E-state index in [1.807, 2.05) is 32.0 Å². The van der Waals surface area contributed by atoms with Crippen molar-refractivity contribution in [2.75, 3.05) is 5.32 Å². The molecule has 3 rings (SSSR count). The van der Waals surface area contributed by atoms with Crippen molar-refractivity contribution < 1.29 is 4.79 Å². The fourth-order valence-electron chi connectivity index (χ4n) is 2.44. The largest absolute Gasteiger partial charge is 0.320 e. The van der Waals surface area contributed by atoms with E-state index >= 15 is 0 Å². The number of rotatable bonds is 3. The number of anilines is 1. The Bertz CT molecular complexity index is 971. The molecule has 0 saturated heterocycles. The minimum atomic E-state index is -0.299. The maximum Gasteiger partial charge on any atom is 0.257 e. The molecule has 0 aliphatic heterocycles. The SMILES string of the molecule is Cc1nc(C)n(-c2ccccc2NC(=O)c2ccc(=O)n(C)c2)n1. The van der Waals surface area contributed by atoms with Crippen molar-refractivity contribution in [3.63, 3.8) is 0 Å². The van der Waals surface area contributed by atoms with E-state index in [-0.39, 0.29) is 11.5 Å². The van der Waals surface area contributed by atoms with Gasteiger partial charge in [0.15, 0.2) is 0 Å². The minimum absolute atomic E-state index is 0.166. The highest BCUT2D eigenvalue weighted by Crippen LogP contribution is 2.21. The molecule has 0 unspecified atom stereocenters. The maximum atomic E-state index is 12.5. The van der Waals surface area contributed by atoms with Crippen LogP contribution in [-0.2, 0) is 7.05 Å². The Kier molecular flexibility index (Phi) is 3.99. The van der Waals surface area contributed by atoms with Gasteiger partial charge in [-0.2, -0.15) is 5.10 Å². The van der Waals surface area contributed by atoms with Gasteiger partial charge in [0.05, 0.1) is 16.9 Å². The van der Waals surface area contributed by atoms with Gasteiger partial charge in [0.1, 0.15) is 11.6 Å². The van der Waals surface area contributed by atoms with Gasteiger partial charge in [-0.15, -0.1) is 0 Å². The van der Waals surface area contributed by atoms with Crippen molar-refractivity contribution in [2.24, 2.45) is 7.05 Å². The van der Waals surface area contributed by atoms with Gasteiger partial charge in [0.25, 0.3) is 5.91 Å². The van der Waals surface area contributed by atoms with Gasteiger partial charge in [-0.05, 0) is 32.0 Å². The third-order valence-electron chi connectivity index (χ3n) is 3.60. The highest BCUT2D eigenvalue weighted by Gasteiger charge is 2.13. The Morgan fingerprint density at radius 3 is 2.54 bits per heavy atom. The normalized spacial score (nSPS) is 10.6. The number of aromatic nitrogens is 4. The van der Waals surface area contributed by atoms with Crippen molar-refractivity contribution in [3.8, 4) is 5.69 Å². The molecule has 0 atom stereocenters. The van der Waals surface area contributed by atoms with Gasteiger partial charge in [-0.25, -0.2) is 9.67 Å². The van der Waals surface area contributed by atoms with Gasteiger partial charge in [-0.3, -0.25) is 9.59 Å². The first-order chi connectivity index (χ1) is 11.5. The fraction of sp³-hybridized carbons (Fsp3) is 0.176. The van der Waals surface area contributed by atoms with Crippen molar-refractivity contribution in [1.82, 2.24) is 19.3 Å². The second-order valence-electron chi connectivity index (χ2n) is 5.46. The molecule has 3 aromatic rings. The fourth-order valence-corrected chi connectivity index (χ4v) is 2.44. The number of hydrogen-bond acceptors (Lipinski definition) is 4. The summed E-state index contributed by atoms with van der Waals surface area (Å²) in [6, 6.07) is 10.2. The predicted molar refractivity (Wildman–Crippen MR) is 90.5 cm³/mol. The van der Waals surface area contributed by atoms with Crippen LogP contribution in [0.15, 0.2) is 47.4 Å². The Morgan fingerprint density at radius 2 is 1.88 bits per heavy atom. The Balaban J connectivity index is 1.96. The summed E-state index contributed by atoms with van der Waals surface area (Å²) < 4.78 is 3.05. The molecule has 1 N–H and O–H groups in total. The lowest BCUT2D eigenvalue weighted by molar-refractivity contribution is 0.102. The molecule has 0 radical (unpaired) electrons. The summed E-state index contributed by atoms with van der Waals surface area (Å²) in [5, 5.41) is 7.22. The lowest BCUT2D eigenvalue weighted by Gasteiger charge is -2.12. The average Bonchev–Trinajstić information content (AvgIpc) is 2.89. The van der Waals surface area contributed by atoms with E-state index in [4.69, 9.17) is 0 Å². The summed E-state index contributed by atoms with van der Waals surface area (Å²) in [6.45, 7) is 3.67. The molecule has 0 fully saturated rings. The van der Waals surface area contributed by atoms with E-state index in [1.165, 1.54) is 22.9 Å². The molecular weight excluding hydrogens is 306 g/mol. The number of nitrogens with one attached hydrogen (secondary N) is 1. The van der Waals surface area contributed by atoms with E-state index in [0.717, 1.165) is 11.5 Å². The van der Waals surface area contributed by atoms with Crippen LogP contribution in [-0.4, -0.2) is 25.2 Å². The number of pyridine rings is 1. The minimum Gasteiger partial charge on any atom is -0.320 e. The standard InChI is InChI=1S/C17H17N5O2/c1-11-18-12(2)22(20-11)15-7-5-4-6-14(15)19-17(24)13-8-9-16(23)21(3)10-13/h4-10H,1-3H3,(H,19,24). The van der Waals surface area contributed by atoms with Crippen LogP contribution in [0.25, 0.3) is 5.69 Å². The molecule has 0 aliphatic carbocycles.